The second-order valence-corrected chi connectivity index (χ2v) is 12.7. The molecule has 7 aromatic carbocycles. The van der Waals surface area contributed by atoms with Crippen molar-refractivity contribution in [3.8, 4) is 51.0 Å². The van der Waals surface area contributed by atoms with E-state index in [1.54, 1.807) is 0 Å². The Hall–Kier alpha value is -6.43. The maximum Gasteiger partial charge on any atom is 0.238 e. The van der Waals surface area contributed by atoms with E-state index in [0.717, 1.165) is 33.6 Å². The Labute approximate surface area is 306 Å². The average molecular weight is 667 g/mol. The SMILES string of the molecule is [2H]c1c([2H])c([2H])c2c(sc3c([2H])c4c5c([2H])c([2H])c([2H])c([2H])c5n(-c5nc(-c6ccccc6)nc(-c6ccc(-c7ccc(-c8ccccc8)cc7)cc6)n5)c4c([2H])c32)c1[2H]. The van der Waals surface area contributed by atoms with Crippen molar-refractivity contribution in [2.24, 2.45) is 0 Å². The topological polar surface area (TPSA) is 43.6 Å². The molecule has 0 N–H and O–H groups in total. The van der Waals surface area contributed by atoms with Gasteiger partial charge in [-0.05, 0) is 46.4 Å². The lowest BCUT2D eigenvalue weighted by Crippen LogP contribution is -2.06. The van der Waals surface area contributed by atoms with E-state index in [1.807, 2.05) is 72.8 Å². The van der Waals surface area contributed by atoms with Gasteiger partial charge in [-0.1, -0.05) is 145 Å². The average Bonchev–Trinajstić information content (AvgIpc) is 3.88. The first-order valence-corrected chi connectivity index (χ1v) is 16.7. The molecule has 0 saturated heterocycles. The molecule has 0 aliphatic rings. The van der Waals surface area contributed by atoms with Gasteiger partial charge < -0.3 is 0 Å². The van der Waals surface area contributed by atoms with Crippen LogP contribution in [0.25, 0.3) is 93.0 Å². The molecule has 10 rings (SSSR count). The molecule has 50 heavy (non-hydrogen) atoms. The minimum absolute atomic E-state index is 0.00734. The molecule has 3 heterocycles. The van der Waals surface area contributed by atoms with Gasteiger partial charge in [0.15, 0.2) is 11.6 Å². The number of para-hydroxylation sites is 1. The molecule has 0 bridgehead atoms. The summed E-state index contributed by atoms with van der Waals surface area (Å²) in [6, 6.07) is 31.4. The van der Waals surface area contributed by atoms with Crippen molar-refractivity contribution in [2.75, 3.05) is 0 Å². The zero-order valence-corrected chi connectivity index (χ0v) is 26.9. The number of thiophene rings is 1. The van der Waals surface area contributed by atoms with Crippen LogP contribution in [0, 0.1) is 0 Å². The van der Waals surface area contributed by atoms with Crippen LogP contribution in [0.5, 0.6) is 0 Å². The Morgan fingerprint density at radius 2 is 0.940 bits per heavy atom. The van der Waals surface area contributed by atoms with E-state index in [-0.39, 0.29) is 83.7 Å². The van der Waals surface area contributed by atoms with Crippen molar-refractivity contribution >= 4 is 53.3 Å². The zero-order chi connectivity index (χ0) is 41.7. The van der Waals surface area contributed by atoms with E-state index in [0.29, 0.717) is 11.1 Å². The highest BCUT2D eigenvalue weighted by molar-refractivity contribution is 7.25. The fourth-order valence-electron chi connectivity index (χ4n) is 6.30. The highest BCUT2D eigenvalue weighted by Crippen LogP contribution is 2.40. The minimum Gasteiger partial charge on any atom is -0.278 e. The maximum atomic E-state index is 9.76. The van der Waals surface area contributed by atoms with Crippen LogP contribution < -0.4 is 0 Å². The van der Waals surface area contributed by atoms with Crippen molar-refractivity contribution in [3.05, 3.63) is 170 Å². The van der Waals surface area contributed by atoms with Crippen LogP contribution in [0.3, 0.4) is 0 Å². The molecule has 0 atom stereocenters. The standard InChI is InChI=1S/C45H28N4S/c1-3-11-29(12-4-1)30-19-21-31(22-20-30)32-23-25-34(26-24-32)44-46-43(33-13-5-2-6-14-33)47-45(48-44)49-39-17-9-7-15-35(39)37-28-42-38(27-40(37)49)36-16-8-10-18-41(36)50-42/h1-28H/i7D,8D,9D,10D,15D,16D,17D,18D,27D,28D. The second kappa shape index (κ2) is 11.6. The molecule has 0 amide bonds. The minimum atomic E-state index is -0.527. The first kappa shape index (κ1) is 20.2. The first-order valence-electron chi connectivity index (χ1n) is 20.9. The number of benzene rings is 7. The molecule has 0 saturated carbocycles. The monoisotopic (exact) mass is 666 g/mol. The van der Waals surface area contributed by atoms with E-state index in [2.05, 4.69) is 36.4 Å². The molecule has 10 aromatic rings. The van der Waals surface area contributed by atoms with Gasteiger partial charge in [0.2, 0.25) is 5.95 Å². The number of nitrogens with zero attached hydrogens (tertiary/aromatic N) is 4. The van der Waals surface area contributed by atoms with Gasteiger partial charge in [-0.3, -0.25) is 4.57 Å². The summed E-state index contributed by atoms with van der Waals surface area (Å²) in [5, 5.41) is 0.207. The highest BCUT2D eigenvalue weighted by Gasteiger charge is 2.19. The van der Waals surface area contributed by atoms with E-state index in [4.69, 9.17) is 24.5 Å². The summed E-state index contributed by atoms with van der Waals surface area (Å²) in [7, 11) is 0. The first-order chi connectivity index (χ1) is 28.9. The largest absolute Gasteiger partial charge is 0.278 e. The Morgan fingerprint density at radius 1 is 0.420 bits per heavy atom. The second-order valence-electron chi connectivity index (χ2n) is 11.7. The van der Waals surface area contributed by atoms with Crippen LogP contribution in [-0.4, -0.2) is 19.5 Å². The molecular weight excluding hydrogens is 629 g/mol. The smallest absolute Gasteiger partial charge is 0.238 e. The number of hydrogen-bond acceptors (Lipinski definition) is 4. The van der Waals surface area contributed by atoms with Crippen molar-refractivity contribution in [1.29, 1.82) is 0 Å². The third-order valence-electron chi connectivity index (χ3n) is 8.74. The number of fused-ring (bicyclic) bond motifs is 6. The molecule has 0 spiro atoms. The van der Waals surface area contributed by atoms with Crippen molar-refractivity contribution in [1.82, 2.24) is 19.5 Å². The van der Waals surface area contributed by atoms with E-state index in [9.17, 15) is 4.11 Å². The number of rotatable bonds is 5. The maximum absolute atomic E-state index is 9.76. The summed E-state index contributed by atoms with van der Waals surface area (Å²) in [6.45, 7) is 0. The predicted molar refractivity (Wildman–Crippen MR) is 209 cm³/mol. The zero-order valence-electron chi connectivity index (χ0n) is 36.1. The molecular formula is C45H28N4S. The molecule has 0 radical (unpaired) electrons. The molecule has 0 aliphatic heterocycles. The molecule has 234 valence electrons. The van der Waals surface area contributed by atoms with Gasteiger partial charge in [0.1, 0.15) is 0 Å². The molecule has 4 nitrogen and oxygen atoms in total. The van der Waals surface area contributed by atoms with Crippen molar-refractivity contribution in [3.63, 3.8) is 0 Å². The number of aromatic nitrogens is 4. The predicted octanol–water partition coefficient (Wildman–Crippen LogP) is 12.0. The summed E-state index contributed by atoms with van der Waals surface area (Å²) in [5.41, 5.74) is 5.39. The Bertz CT molecular complexity index is 3410. The van der Waals surface area contributed by atoms with Crippen molar-refractivity contribution < 1.29 is 13.7 Å². The third-order valence-corrected chi connectivity index (χ3v) is 9.76. The van der Waals surface area contributed by atoms with Crippen LogP contribution in [0.15, 0.2) is 170 Å². The molecule has 0 unspecified atom stereocenters. The highest BCUT2D eigenvalue weighted by atomic mass is 32.1. The normalized spacial score (nSPS) is 14.4. The summed E-state index contributed by atoms with van der Waals surface area (Å²) in [4.78, 5) is 14.7. The fraction of sp³-hybridized carbons (Fsp3) is 0. The third kappa shape index (κ3) is 4.79. The van der Waals surface area contributed by atoms with Crippen molar-refractivity contribution in [2.45, 2.75) is 0 Å². The van der Waals surface area contributed by atoms with Crippen LogP contribution in [0.4, 0.5) is 0 Å². The van der Waals surface area contributed by atoms with E-state index in [1.165, 1.54) is 4.57 Å². The van der Waals surface area contributed by atoms with Gasteiger partial charge in [0, 0.05) is 42.1 Å². The van der Waals surface area contributed by atoms with Crippen LogP contribution in [0.2, 0.25) is 0 Å². The van der Waals surface area contributed by atoms with Crippen LogP contribution >= 0.6 is 11.3 Å². The molecule has 0 aliphatic carbocycles. The molecule has 0 fully saturated rings. The number of hydrogen-bond donors (Lipinski definition) is 0. The lowest BCUT2D eigenvalue weighted by Gasteiger charge is -2.11. The van der Waals surface area contributed by atoms with Gasteiger partial charge >= 0.3 is 0 Å². The van der Waals surface area contributed by atoms with E-state index < -0.39 is 36.3 Å². The summed E-state index contributed by atoms with van der Waals surface area (Å²) < 4.78 is 90.8. The van der Waals surface area contributed by atoms with Gasteiger partial charge in [0.05, 0.1) is 24.7 Å². The van der Waals surface area contributed by atoms with Crippen LogP contribution in [-0.2, 0) is 0 Å². The Kier molecular flexibility index (Phi) is 4.69. The van der Waals surface area contributed by atoms with Gasteiger partial charge in [-0.25, -0.2) is 4.98 Å². The van der Waals surface area contributed by atoms with Crippen LogP contribution in [0.1, 0.15) is 13.7 Å². The van der Waals surface area contributed by atoms with E-state index >= 15 is 0 Å². The van der Waals surface area contributed by atoms with Gasteiger partial charge in [0.25, 0.3) is 0 Å². The lowest BCUT2D eigenvalue weighted by molar-refractivity contribution is 0.954. The Morgan fingerprint density at radius 3 is 1.60 bits per heavy atom. The summed E-state index contributed by atoms with van der Waals surface area (Å²) in [5.74, 6) is 0.424. The Balaban J connectivity index is 1.25. The van der Waals surface area contributed by atoms with Gasteiger partial charge in [-0.15, -0.1) is 11.3 Å². The summed E-state index contributed by atoms with van der Waals surface area (Å²) >= 11 is 0.950. The van der Waals surface area contributed by atoms with Gasteiger partial charge in [-0.2, -0.15) is 9.97 Å². The lowest BCUT2D eigenvalue weighted by atomic mass is 9.99. The molecule has 5 heteroatoms. The molecule has 3 aromatic heterocycles. The summed E-state index contributed by atoms with van der Waals surface area (Å²) in [6.07, 6.45) is 0. The quantitative estimate of drug-likeness (QED) is 0.184. The fourth-order valence-corrected chi connectivity index (χ4v) is 7.27.